The molecule has 0 spiro atoms. The van der Waals surface area contributed by atoms with Crippen molar-refractivity contribution in [2.24, 2.45) is 5.16 Å². The number of carbonyl (C=O) groups excluding carboxylic acids is 1. The van der Waals surface area contributed by atoms with Crippen molar-refractivity contribution < 1.29 is 14.7 Å². The summed E-state index contributed by atoms with van der Waals surface area (Å²) in [5, 5.41) is 11.6. The minimum atomic E-state index is -1.25. The molecule has 0 saturated carbocycles. The molecule has 0 aliphatic rings. The lowest BCUT2D eigenvalue weighted by atomic mass is 10.1. The van der Waals surface area contributed by atoms with Gasteiger partial charge < -0.3 is 15.4 Å². The van der Waals surface area contributed by atoms with Gasteiger partial charge in [-0.25, -0.2) is 10.2 Å². The van der Waals surface area contributed by atoms with Crippen molar-refractivity contribution in [2.75, 3.05) is 12.0 Å². The number of oxime groups is 1. The van der Waals surface area contributed by atoms with E-state index in [1.807, 2.05) is 31.2 Å². The van der Waals surface area contributed by atoms with E-state index in [0.29, 0.717) is 0 Å². The van der Waals surface area contributed by atoms with Crippen molar-refractivity contribution in [3.63, 3.8) is 0 Å². The molecule has 0 saturated heterocycles. The van der Waals surface area contributed by atoms with E-state index in [-0.39, 0.29) is 6.61 Å². The van der Waals surface area contributed by atoms with Crippen molar-refractivity contribution in [1.29, 1.82) is 0 Å². The molecular formula is C13H19N3O3. The van der Waals surface area contributed by atoms with Crippen molar-refractivity contribution in [1.82, 2.24) is 5.43 Å². The van der Waals surface area contributed by atoms with Crippen molar-refractivity contribution in [3.8, 4) is 0 Å². The van der Waals surface area contributed by atoms with Gasteiger partial charge in [0.05, 0.1) is 12.8 Å². The second-order valence-corrected chi connectivity index (χ2v) is 4.28. The Morgan fingerprint density at radius 3 is 2.63 bits per heavy atom. The van der Waals surface area contributed by atoms with Crippen LogP contribution in [0.1, 0.15) is 19.4 Å². The number of carbonyl (C=O) groups is 1. The molecule has 0 amide bonds. The molecule has 1 atom stereocenters. The van der Waals surface area contributed by atoms with Crippen LogP contribution < -0.4 is 10.9 Å². The molecule has 0 radical (unpaired) electrons. The molecule has 0 fully saturated rings. The zero-order valence-electron chi connectivity index (χ0n) is 11.3. The van der Waals surface area contributed by atoms with Crippen LogP contribution in [-0.2, 0) is 9.53 Å². The van der Waals surface area contributed by atoms with Crippen LogP contribution in [0.25, 0.3) is 0 Å². The monoisotopic (exact) mass is 265 g/mol. The van der Waals surface area contributed by atoms with Gasteiger partial charge in [0.2, 0.25) is 0 Å². The molecule has 6 heteroatoms. The van der Waals surface area contributed by atoms with Gasteiger partial charge in [0.15, 0.2) is 5.54 Å². The van der Waals surface area contributed by atoms with Crippen molar-refractivity contribution >= 4 is 17.9 Å². The number of anilines is 1. The predicted molar refractivity (Wildman–Crippen MR) is 73.3 cm³/mol. The summed E-state index contributed by atoms with van der Waals surface area (Å²) in [7, 11) is 0. The van der Waals surface area contributed by atoms with Crippen molar-refractivity contribution in [3.05, 3.63) is 29.8 Å². The highest BCUT2D eigenvalue weighted by Gasteiger charge is 2.33. The van der Waals surface area contributed by atoms with Crippen molar-refractivity contribution in [2.45, 2.75) is 26.3 Å². The number of aryl methyl sites for hydroxylation is 1. The van der Waals surface area contributed by atoms with Crippen LogP contribution in [0.4, 0.5) is 5.69 Å². The molecule has 1 aromatic rings. The maximum Gasteiger partial charge on any atom is 0.333 e. The SMILES string of the molecule is CCOC(=O)C(C)(/C=N/O)NNc1ccc(C)cc1. The lowest BCUT2D eigenvalue weighted by molar-refractivity contribution is -0.147. The van der Waals surface area contributed by atoms with Gasteiger partial charge in [-0.15, -0.1) is 0 Å². The second-order valence-electron chi connectivity index (χ2n) is 4.28. The lowest BCUT2D eigenvalue weighted by Gasteiger charge is -2.24. The minimum absolute atomic E-state index is 0.250. The Bertz CT molecular complexity index is 445. The number of nitrogens with zero attached hydrogens (tertiary/aromatic N) is 1. The number of ether oxygens (including phenoxy) is 1. The van der Waals surface area contributed by atoms with E-state index in [1.165, 1.54) is 0 Å². The predicted octanol–water partition coefficient (Wildman–Crippen LogP) is 1.69. The Morgan fingerprint density at radius 2 is 2.11 bits per heavy atom. The Morgan fingerprint density at radius 1 is 1.47 bits per heavy atom. The average molecular weight is 265 g/mol. The number of nitrogens with one attached hydrogen (secondary N) is 2. The van der Waals surface area contributed by atoms with Crippen LogP contribution in [0.5, 0.6) is 0 Å². The highest BCUT2D eigenvalue weighted by atomic mass is 16.5. The Labute approximate surface area is 112 Å². The molecule has 0 aromatic heterocycles. The van der Waals surface area contributed by atoms with Gasteiger partial charge in [0.25, 0.3) is 0 Å². The van der Waals surface area contributed by atoms with E-state index in [1.54, 1.807) is 13.8 Å². The Hall–Kier alpha value is -2.08. The van der Waals surface area contributed by atoms with Gasteiger partial charge in [0.1, 0.15) is 0 Å². The molecule has 1 rings (SSSR count). The second kappa shape index (κ2) is 6.75. The summed E-state index contributed by atoms with van der Waals surface area (Å²) in [6.45, 7) is 5.49. The fourth-order valence-corrected chi connectivity index (χ4v) is 1.37. The standard InChI is InChI=1S/C13H19N3O3/c1-4-19-12(17)13(3,9-14-18)16-15-11-7-5-10(2)6-8-11/h5-9,15-16,18H,4H2,1-3H3/b14-9+. The summed E-state index contributed by atoms with van der Waals surface area (Å²) in [6, 6.07) is 7.60. The van der Waals surface area contributed by atoms with Gasteiger partial charge in [-0.3, -0.25) is 0 Å². The maximum absolute atomic E-state index is 11.8. The highest BCUT2D eigenvalue weighted by Crippen LogP contribution is 2.10. The average Bonchev–Trinajstić information content (AvgIpc) is 2.39. The van der Waals surface area contributed by atoms with E-state index >= 15 is 0 Å². The van der Waals surface area contributed by atoms with Crippen LogP contribution in [0, 0.1) is 6.92 Å². The first-order valence-corrected chi connectivity index (χ1v) is 5.97. The van der Waals surface area contributed by atoms with E-state index in [4.69, 9.17) is 9.94 Å². The molecule has 0 heterocycles. The zero-order chi connectivity index (χ0) is 14.3. The van der Waals surface area contributed by atoms with Gasteiger partial charge >= 0.3 is 5.97 Å². The summed E-state index contributed by atoms with van der Waals surface area (Å²) in [4.78, 5) is 11.8. The highest BCUT2D eigenvalue weighted by molar-refractivity contribution is 5.99. The van der Waals surface area contributed by atoms with Crippen LogP contribution >= 0.6 is 0 Å². The van der Waals surface area contributed by atoms with Crippen LogP contribution in [-0.4, -0.2) is 29.5 Å². The fraction of sp³-hybridized carbons (Fsp3) is 0.385. The minimum Gasteiger partial charge on any atom is -0.464 e. The van der Waals surface area contributed by atoms with Crippen LogP contribution in [0.15, 0.2) is 29.4 Å². The molecule has 0 aliphatic carbocycles. The smallest absolute Gasteiger partial charge is 0.333 e. The Balaban J connectivity index is 2.73. The zero-order valence-corrected chi connectivity index (χ0v) is 11.3. The third-order valence-electron chi connectivity index (χ3n) is 2.53. The summed E-state index contributed by atoms with van der Waals surface area (Å²) in [5.74, 6) is -0.535. The summed E-state index contributed by atoms with van der Waals surface area (Å²) in [5.41, 5.74) is 6.33. The molecule has 1 aromatic carbocycles. The van der Waals surface area contributed by atoms with Crippen LogP contribution in [0.3, 0.4) is 0 Å². The number of hydrazine groups is 1. The molecule has 6 nitrogen and oxygen atoms in total. The van der Waals surface area contributed by atoms with Gasteiger partial charge in [-0.1, -0.05) is 22.9 Å². The molecule has 0 aliphatic heterocycles. The third-order valence-corrected chi connectivity index (χ3v) is 2.53. The van der Waals surface area contributed by atoms with E-state index in [2.05, 4.69) is 16.0 Å². The molecule has 19 heavy (non-hydrogen) atoms. The first kappa shape index (κ1) is 15.0. The normalized spacial score (nSPS) is 14.1. The first-order valence-electron chi connectivity index (χ1n) is 5.97. The number of esters is 1. The van der Waals surface area contributed by atoms with E-state index in [9.17, 15) is 4.79 Å². The number of rotatable bonds is 6. The van der Waals surface area contributed by atoms with Crippen LogP contribution in [0.2, 0.25) is 0 Å². The van der Waals surface area contributed by atoms with Gasteiger partial charge in [-0.05, 0) is 32.9 Å². The number of benzene rings is 1. The lowest BCUT2D eigenvalue weighted by Crippen LogP contribution is -2.54. The number of hydrogen-bond acceptors (Lipinski definition) is 6. The summed E-state index contributed by atoms with van der Waals surface area (Å²) < 4.78 is 4.92. The fourth-order valence-electron chi connectivity index (χ4n) is 1.37. The Kier molecular flexibility index (Phi) is 5.32. The number of hydrogen-bond donors (Lipinski definition) is 3. The molecular weight excluding hydrogens is 246 g/mol. The topological polar surface area (TPSA) is 83.0 Å². The third kappa shape index (κ3) is 4.26. The summed E-state index contributed by atoms with van der Waals surface area (Å²) >= 11 is 0. The van der Waals surface area contributed by atoms with Gasteiger partial charge in [-0.2, -0.15) is 0 Å². The summed E-state index contributed by atoms with van der Waals surface area (Å²) in [6.07, 6.45) is 1.08. The molecule has 1 unspecified atom stereocenters. The quantitative estimate of drug-likeness (QED) is 0.315. The molecule has 104 valence electrons. The van der Waals surface area contributed by atoms with E-state index < -0.39 is 11.5 Å². The molecule has 0 bridgehead atoms. The first-order chi connectivity index (χ1) is 9.01. The van der Waals surface area contributed by atoms with E-state index in [0.717, 1.165) is 17.5 Å². The molecule has 3 N–H and O–H groups in total. The largest absolute Gasteiger partial charge is 0.464 e. The van der Waals surface area contributed by atoms with Gasteiger partial charge in [0, 0.05) is 5.69 Å². The maximum atomic E-state index is 11.8.